The standard InChI is InChI=1S/C25H40O2/c1-6-16(2)21-9-10-22-20-8-7-18-15-19(27-17(3)26)11-13-24(18,4)23(20)12-14-25(21,22)5/h7,16,19-23H,6,8-15H2,1-5H3/t16-,19+,20?,21?,22?,23?,24+,25-/m1/s1. The highest BCUT2D eigenvalue weighted by atomic mass is 16.5. The van der Waals surface area contributed by atoms with Crippen molar-refractivity contribution < 1.29 is 9.53 Å². The zero-order chi connectivity index (χ0) is 19.4. The summed E-state index contributed by atoms with van der Waals surface area (Å²) in [5, 5.41) is 0. The van der Waals surface area contributed by atoms with Gasteiger partial charge in [0.15, 0.2) is 0 Å². The van der Waals surface area contributed by atoms with E-state index in [1.807, 2.05) is 0 Å². The summed E-state index contributed by atoms with van der Waals surface area (Å²) in [6.07, 6.45) is 14.3. The van der Waals surface area contributed by atoms with Crippen molar-refractivity contribution in [1.82, 2.24) is 0 Å². The van der Waals surface area contributed by atoms with Crippen LogP contribution < -0.4 is 0 Å². The lowest BCUT2D eigenvalue weighted by Gasteiger charge is -2.58. The van der Waals surface area contributed by atoms with Gasteiger partial charge in [0.2, 0.25) is 0 Å². The van der Waals surface area contributed by atoms with Crippen LogP contribution in [-0.4, -0.2) is 12.1 Å². The first-order valence-corrected chi connectivity index (χ1v) is 11.7. The number of esters is 1. The molecule has 4 unspecified atom stereocenters. The largest absolute Gasteiger partial charge is 0.462 e. The summed E-state index contributed by atoms with van der Waals surface area (Å²) in [5.74, 6) is 4.36. The summed E-state index contributed by atoms with van der Waals surface area (Å²) in [5.41, 5.74) is 2.55. The fourth-order valence-electron chi connectivity index (χ4n) is 8.22. The van der Waals surface area contributed by atoms with Crippen LogP contribution in [0.4, 0.5) is 0 Å². The molecule has 0 saturated heterocycles. The molecule has 0 heterocycles. The molecule has 4 aliphatic carbocycles. The fourth-order valence-corrected chi connectivity index (χ4v) is 8.22. The first-order valence-electron chi connectivity index (χ1n) is 11.7. The zero-order valence-corrected chi connectivity index (χ0v) is 18.2. The van der Waals surface area contributed by atoms with E-state index in [9.17, 15) is 4.79 Å². The SMILES string of the molecule is CC[C@@H](C)C1CCC2C3CC=C4C[C@@H](OC(C)=O)CC[C@]4(C)C3CC[C@@]21C. The molecular formula is C25H40O2. The minimum absolute atomic E-state index is 0.117. The van der Waals surface area contributed by atoms with Crippen LogP contribution in [0.1, 0.15) is 92.4 Å². The lowest BCUT2D eigenvalue weighted by atomic mass is 9.47. The molecule has 0 aromatic rings. The van der Waals surface area contributed by atoms with E-state index in [-0.39, 0.29) is 12.1 Å². The van der Waals surface area contributed by atoms with Gasteiger partial charge in [-0.3, -0.25) is 4.79 Å². The van der Waals surface area contributed by atoms with Gasteiger partial charge in [0.05, 0.1) is 0 Å². The second kappa shape index (κ2) is 6.92. The molecule has 0 aliphatic heterocycles. The van der Waals surface area contributed by atoms with E-state index in [2.05, 4.69) is 33.8 Å². The van der Waals surface area contributed by atoms with Crippen molar-refractivity contribution in [2.75, 3.05) is 0 Å². The van der Waals surface area contributed by atoms with Crippen molar-refractivity contribution >= 4 is 5.97 Å². The molecular weight excluding hydrogens is 332 g/mol. The fraction of sp³-hybridized carbons (Fsp3) is 0.880. The average molecular weight is 373 g/mol. The maximum absolute atomic E-state index is 11.4. The highest BCUT2D eigenvalue weighted by molar-refractivity contribution is 5.66. The van der Waals surface area contributed by atoms with Gasteiger partial charge in [0.1, 0.15) is 6.10 Å². The molecule has 0 N–H and O–H groups in total. The van der Waals surface area contributed by atoms with Gasteiger partial charge >= 0.3 is 5.97 Å². The van der Waals surface area contributed by atoms with E-state index in [1.165, 1.54) is 44.9 Å². The van der Waals surface area contributed by atoms with Gasteiger partial charge in [-0.25, -0.2) is 0 Å². The Morgan fingerprint density at radius 1 is 1.19 bits per heavy atom. The molecule has 0 spiro atoms. The van der Waals surface area contributed by atoms with E-state index < -0.39 is 0 Å². The van der Waals surface area contributed by atoms with Gasteiger partial charge in [0.25, 0.3) is 0 Å². The topological polar surface area (TPSA) is 26.3 Å². The number of carbonyl (C=O) groups is 1. The van der Waals surface area contributed by atoms with Crippen LogP contribution >= 0.6 is 0 Å². The lowest BCUT2D eigenvalue weighted by Crippen LogP contribution is -2.51. The predicted octanol–water partition coefficient (Wildman–Crippen LogP) is 6.54. The number of hydrogen-bond donors (Lipinski definition) is 0. The van der Waals surface area contributed by atoms with Crippen molar-refractivity contribution in [3.63, 3.8) is 0 Å². The summed E-state index contributed by atoms with van der Waals surface area (Å²) >= 11 is 0. The van der Waals surface area contributed by atoms with Crippen molar-refractivity contribution in [2.24, 2.45) is 40.4 Å². The molecule has 4 rings (SSSR count). The monoisotopic (exact) mass is 372 g/mol. The summed E-state index contributed by atoms with van der Waals surface area (Å²) < 4.78 is 5.58. The van der Waals surface area contributed by atoms with Gasteiger partial charge < -0.3 is 4.74 Å². The van der Waals surface area contributed by atoms with Crippen molar-refractivity contribution in [3.8, 4) is 0 Å². The molecule has 0 bridgehead atoms. The van der Waals surface area contributed by atoms with Crippen LogP contribution in [0.3, 0.4) is 0 Å². The minimum Gasteiger partial charge on any atom is -0.462 e. The van der Waals surface area contributed by atoms with Crippen molar-refractivity contribution in [1.29, 1.82) is 0 Å². The predicted molar refractivity (Wildman–Crippen MR) is 110 cm³/mol. The van der Waals surface area contributed by atoms with E-state index >= 15 is 0 Å². The normalized spacial score (nSPS) is 47.3. The van der Waals surface area contributed by atoms with Crippen LogP contribution in [0.2, 0.25) is 0 Å². The Kier molecular flexibility index (Phi) is 5.00. The second-order valence-corrected chi connectivity index (χ2v) is 10.8. The number of rotatable bonds is 3. The molecule has 0 amide bonds. The smallest absolute Gasteiger partial charge is 0.302 e. The van der Waals surface area contributed by atoms with Crippen molar-refractivity contribution in [3.05, 3.63) is 11.6 Å². The average Bonchev–Trinajstić information content (AvgIpc) is 2.98. The first-order chi connectivity index (χ1) is 12.8. The molecule has 0 aromatic carbocycles. The Bertz CT molecular complexity index is 622. The maximum atomic E-state index is 11.4. The first kappa shape index (κ1) is 19.5. The third kappa shape index (κ3) is 3.01. The molecule has 3 saturated carbocycles. The number of allylic oxidation sites excluding steroid dienone is 1. The molecule has 0 aromatic heterocycles. The van der Waals surface area contributed by atoms with E-state index in [1.54, 1.807) is 12.5 Å². The molecule has 3 fully saturated rings. The Hall–Kier alpha value is -0.790. The Balaban J connectivity index is 1.56. The number of carbonyl (C=O) groups excluding carboxylic acids is 1. The Morgan fingerprint density at radius 3 is 2.67 bits per heavy atom. The number of fused-ring (bicyclic) bond motifs is 5. The van der Waals surface area contributed by atoms with Gasteiger partial charge in [-0.15, -0.1) is 0 Å². The molecule has 4 aliphatic rings. The third-order valence-corrected chi connectivity index (χ3v) is 9.80. The molecule has 8 atom stereocenters. The molecule has 152 valence electrons. The lowest BCUT2D eigenvalue weighted by molar-refractivity contribution is -0.148. The van der Waals surface area contributed by atoms with Gasteiger partial charge in [-0.2, -0.15) is 0 Å². The number of hydrogen-bond acceptors (Lipinski definition) is 2. The van der Waals surface area contributed by atoms with E-state index in [4.69, 9.17) is 4.74 Å². The van der Waals surface area contributed by atoms with Crippen LogP contribution in [0.25, 0.3) is 0 Å². The zero-order valence-electron chi connectivity index (χ0n) is 18.2. The minimum atomic E-state index is -0.117. The molecule has 27 heavy (non-hydrogen) atoms. The maximum Gasteiger partial charge on any atom is 0.302 e. The van der Waals surface area contributed by atoms with Crippen LogP contribution in [0.15, 0.2) is 11.6 Å². The number of ether oxygens (including phenoxy) is 1. The van der Waals surface area contributed by atoms with Crippen LogP contribution in [-0.2, 0) is 9.53 Å². The van der Waals surface area contributed by atoms with E-state index in [0.717, 1.165) is 42.4 Å². The summed E-state index contributed by atoms with van der Waals surface area (Å²) in [7, 11) is 0. The summed E-state index contributed by atoms with van der Waals surface area (Å²) in [6, 6.07) is 0. The summed E-state index contributed by atoms with van der Waals surface area (Å²) in [6.45, 7) is 11.6. The van der Waals surface area contributed by atoms with Crippen LogP contribution in [0.5, 0.6) is 0 Å². The quantitative estimate of drug-likeness (QED) is 0.415. The van der Waals surface area contributed by atoms with Gasteiger partial charge in [-0.05, 0) is 85.4 Å². The highest BCUT2D eigenvalue weighted by Gasteiger charge is 2.59. The van der Waals surface area contributed by atoms with E-state index in [0.29, 0.717) is 10.8 Å². The molecule has 0 radical (unpaired) electrons. The second-order valence-electron chi connectivity index (χ2n) is 10.8. The molecule has 2 heteroatoms. The molecule has 2 nitrogen and oxygen atoms in total. The Morgan fingerprint density at radius 2 is 1.96 bits per heavy atom. The van der Waals surface area contributed by atoms with Gasteiger partial charge in [0, 0.05) is 13.3 Å². The van der Waals surface area contributed by atoms with Crippen molar-refractivity contribution in [2.45, 2.75) is 98.5 Å². The summed E-state index contributed by atoms with van der Waals surface area (Å²) in [4.78, 5) is 11.4. The van der Waals surface area contributed by atoms with Crippen LogP contribution in [0, 0.1) is 40.4 Å². The Labute approximate surface area is 166 Å². The highest BCUT2D eigenvalue weighted by Crippen LogP contribution is 2.67. The van der Waals surface area contributed by atoms with Gasteiger partial charge in [-0.1, -0.05) is 45.8 Å². The third-order valence-electron chi connectivity index (χ3n) is 9.80.